The molecule has 1 aliphatic heterocycles. The van der Waals surface area contributed by atoms with E-state index < -0.39 is 23.9 Å². The molecule has 1 atom stereocenters. The summed E-state index contributed by atoms with van der Waals surface area (Å²) < 4.78 is 0. The van der Waals surface area contributed by atoms with Crippen molar-refractivity contribution in [3.63, 3.8) is 0 Å². The molecule has 1 aliphatic rings. The van der Waals surface area contributed by atoms with Crippen molar-refractivity contribution in [2.75, 3.05) is 19.6 Å². The predicted molar refractivity (Wildman–Crippen MR) is 71.3 cm³/mol. The number of imide groups is 1. The first-order chi connectivity index (χ1) is 8.54. The fraction of sp³-hybridized carbons (Fsp3) is 0.727. The van der Waals surface area contributed by atoms with Gasteiger partial charge in [0.05, 0.1) is 6.54 Å². The summed E-state index contributed by atoms with van der Waals surface area (Å²) in [4.78, 5) is 35.3. The molecule has 3 N–H and O–H groups in total. The summed E-state index contributed by atoms with van der Waals surface area (Å²) in [7, 11) is 0. The molecule has 0 aromatic carbocycles. The number of carbonyl (C=O) groups is 3. The second-order valence-corrected chi connectivity index (χ2v) is 4.23. The monoisotopic (exact) mass is 293 g/mol. The molecule has 19 heavy (non-hydrogen) atoms. The lowest BCUT2D eigenvalue weighted by Crippen LogP contribution is -2.51. The van der Waals surface area contributed by atoms with Crippen molar-refractivity contribution >= 4 is 30.3 Å². The number of rotatable bonds is 4. The summed E-state index contributed by atoms with van der Waals surface area (Å²) in [6.07, 6.45) is 2.27. The summed E-state index contributed by atoms with van der Waals surface area (Å²) in [5.41, 5.74) is 0. The number of carbonyl (C=O) groups excluding carboxylic acids is 2. The zero-order chi connectivity index (χ0) is 13.5. The Morgan fingerprint density at radius 1 is 1.32 bits per heavy atom. The van der Waals surface area contributed by atoms with Gasteiger partial charge in [-0.1, -0.05) is 6.42 Å². The van der Waals surface area contributed by atoms with E-state index in [1.165, 1.54) is 0 Å². The lowest BCUT2D eigenvalue weighted by Gasteiger charge is -2.31. The topological polar surface area (TPSA) is 98.7 Å². The van der Waals surface area contributed by atoms with Gasteiger partial charge >= 0.3 is 12.0 Å². The standard InChI is InChI=1S/C11H19N3O4.ClH/c1-2-12-11(18)13-9(15)7-14-6-4-3-5-8(14)10(16)17;/h8H,2-7H2,1H3,(H,16,17)(H2,12,13,15,18);1H. The summed E-state index contributed by atoms with van der Waals surface area (Å²) >= 11 is 0. The number of nitrogens with zero attached hydrogens (tertiary/aromatic N) is 1. The Morgan fingerprint density at radius 3 is 2.58 bits per heavy atom. The summed E-state index contributed by atoms with van der Waals surface area (Å²) in [5.74, 6) is -1.39. The second kappa shape index (κ2) is 8.71. The highest BCUT2D eigenvalue weighted by Gasteiger charge is 2.29. The summed E-state index contributed by atoms with van der Waals surface area (Å²) in [6, 6.07) is -1.18. The van der Waals surface area contributed by atoms with Crippen LogP contribution in [0, 0.1) is 0 Å². The first-order valence-corrected chi connectivity index (χ1v) is 6.09. The number of aliphatic carboxylic acids is 1. The Hall–Kier alpha value is -1.34. The van der Waals surface area contributed by atoms with Crippen LogP contribution in [0.25, 0.3) is 0 Å². The van der Waals surface area contributed by atoms with E-state index in [0.717, 1.165) is 12.8 Å². The van der Waals surface area contributed by atoms with Gasteiger partial charge in [-0.2, -0.15) is 0 Å². The SMILES string of the molecule is CCNC(=O)NC(=O)CN1CCCCC1C(=O)O.Cl. The minimum atomic E-state index is -0.916. The first kappa shape index (κ1) is 17.7. The number of piperidine rings is 1. The van der Waals surface area contributed by atoms with Crippen LogP contribution in [0.5, 0.6) is 0 Å². The Kier molecular flexibility index (Phi) is 8.09. The van der Waals surface area contributed by atoms with Crippen molar-refractivity contribution in [3.05, 3.63) is 0 Å². The predicted octanol–water partition coefficient (Wildman–Crippen LogP) is 0.193. The first-order valence-electron chi connectivity index (χ1n) is 6.09. The normalized spacial score (nSPS) is 19.1. The average Bonchev–Trinajstić information content (AvgIpc) is 2.29. The minimum absolute atomic E-state index is 0. The van der Waals surface area contributed by atoms with Gasteiger partial charge in [0.25, 0.3) is 0 Å². The van der Waals surface area contributed by atoms with Gasteiger partial charge in [-0.25, -0.2) is 4.79 Å². The van der Waals surface area contributed by atoms with Crippen LogP contribution in [0.15, 0.2) is 0 Å². The Balaban J connectivity index is 0.00000324. The van der Waals surface area contributed by atoms with Crippen LogP contribution >= 0.6 is 12.4 Å². The lowest BCUT2D eigenvalue weighted by atomic mass is 10.0. The average molecular weight is 294 g/mol. The molecule has 110 valence electrons. The van der Waals surface area contributed by atoms with Gasteiger partial charge in [-0.3, -0.25) is 19.8 Å². The molecule has 3 amide bonds. The summed E-state index contributed by atoms with van der Waals surface area (Å²) in [6.45, 7) is 2.68. The molecule has 7 nitrogen and oxygen atoms in total. The van der Waals surface area contributed by atoms with Crippen LogP contribution in [0.1, 0.15) is 26.2 Å². The van der Waals surface area contributed by atoms with Crippen LogP contribution in [0.2, 0.25) is 0 Å². The third-order valence-electron chi connectivity index (χ3n) is 2.84. The summed E-state index contributed by atoms with van der Waals surface area (Å²) in [5, 5.41) is 13.6. The third kappa shape index (κ3) is 5.89. The van der Waals surface area contributed by atoms with Crippen molar-refractivity contribution in [1.82, 2.24) is 15.5 Å². The number of urea groups is 1. The number of amides is 3. The van der Waals surface area contributed by atoms with Gasteiger partial charge in [-0.05, 0) is 26.3 Å². The quantitative estimate of drug-likeness (QED) is 0.687. The van der Waals surface area contributed by atoms with Crippen molar-refractivity contribution in [3.8, 4) is 0 Å². The smallest absolute Gasteiger partial charge is 0.321 e. The lowest BCUT2D eigenvalue weighted by molar-refractivity contribution is -0.145. The Bertz CT molecular complexity index is 338. The molecule has 0 aromatic rings. The van der Waals surface area contributed by atoms with Crippen LogP contribution in [0.4, 0.5) is 4.79 Å². The molecule has 1 heterocycles. The molecule has 0 aromatic heterocycles. The van der Waals surface area contributed by atoms with E-state index in [9.17, 15) is 14.4 Å². The molecule has 1 saturated heterocycles. The number of hydrogen-bond donors (Lipinski definition) is 3. The van der Waals surface area contributed by atoms with Gasteiger partial charge in [0, 0.05) is 6.54 Å². The number of hydrogen-bond acceptors (Lipinski definition) is 4. The number of nitrogens with one attached hydrogen (secondary N) is 2. The maximum absolute atomic E-state index is 11.6. The van der Waals surface area contributed by atoms with E-state index >= 15 is 0 Å². The van der Waals surface area contributed by atoms with Gasteiger partial charge in [0.2, 0.25) is 5.91 Å². The van der Waals surface area contributed by atoms with Crippen molar-refractivity contribution in [2.24, 2.45) is 0 Å². The van der Waals surface area contributed by atoms with Gasteiger partial charge in [0.1, 0.15) is 6.04 Å². The van der Waals surface area contributed by atoms with E-state index in [0.29, 0.717) is 19.5 Å². The molecule has 8 heteroatoms. The maximum Gasteiger partial charge on any atom is 0.321 e. The van der Waals surface area contributed by atoms with E-state index in [-0.39, 0.29) is 19.0 Å². The molecule has 0 saturated carbocycles. The molecule has 1 unspecified atom stereocenters. The zero-order valence-corrected chi connectivity index (χ0v) is 11.7. The van der Waals surface area contributed by atoms with Crippen LogP contribution in [-0.2, 0) is 9.59 Å². The third-order valence-corrected chi connectivity index (χ3v) is 2.84. The van der Waals surface area contributed by atoms with Gasteiger partial charge in [0.15, 0.2) is 0 Å². The maximum atomic E-state index is 11.6. The van der Waals surface area contributed by atoms with E-state index in [1.54, 1.807) is 11.8 Å². The highest BCUT2D eigenvalue weighted by Crippen LogP contribution is 2.16. The van der Waals surface area contributed by atoms with Crippen molar-refractivity contribution in [2.45, 2.75) is 32.2 Å². The van der Waals surface area contributed by atoms with Gasteiger partial charge in [-0.15, -0.1) is 12.4 Å². The van der Waals surface area contributed by atoms with Crippen LogP contribution in [-0.4, -0.2) is 53.6 Å². The largest absolute Gasteiger partial charge is 0.480 e. The number of carboxylic acids is 1. The molecule has 1 fully saturated rings. The van der Waals surface area contributed by atoms with Gasteiger partial charge < -0.3 is 10.4 Å². The highest BCUT2D eigenvalue weighted by atomic mass is 35.5. The van der Waals surface area contributed by atoms with Crippen LogP contribution < -0.4 is 10.6 Å². The van der Waals surface area contributed by atoms with Crippen molar-refractivity contribution in [1.29, 1.82) is 0 Å². The van der Waals surface area contributed by atoms with Crippen molar-refractivity contribution < 1.29 is 19.5 Å². The molecule has 0 radical (unpaired) electrons. The van der Waals surface area contributed by atoms with E-state index in [1.807, 2.05) is 0 Å². The second-order valence-electron chi connectivity index (χ2n) is 4.23. The van der Waals surface area contributed by atoms with E-state index in [2.05, 4.69) is 10.6 Å². The van der Waals surface area contributed by atoms with E-state index in [4.69, 9.17) is 5.11 Å². The molecule has 0 spiro atoms. The fourth-order valence-corrected chi connectivity index (χ4v) is 2.02. The molecule has 0 bridgehead atoms. The minimum Gasteiger partial charge on any atom is -0.480 e. The number of likely N-dealkylation sites (tertiary alicyclic amines) is 1. The Morgan fingerprint density at radius 2 is 2.00 bits per heavy atom. The Labute approximate surface area is 118 Å². The number of carboxylic acid groups (broad SMARTS) is 1. The highest BCUT2D eigenvalue weighted by molar-refractivity contribution is 5.95. The fourth-order valence-electron chi connectivity index (χ4n) is 2.02. The number of halogens is 1. The molecule has 1 rings (SSSR count). The zero-order valence-electron chi connectivity index (χ0n) is 10.8. The molecular formula is C11H20ClN3O4. The molecular weight excluding hydrogens is 274 g/mol. The van der Waals surface area contributed by atoms with Crippen LogP contribution in [0.3, 0.4) is 0 Å². The molecule has 0 aliphatic carbocycles.